The van der Waals surface area contributed by atoms with Crippen LogP contribution in [0.2, 0.25) is 0 Å². The number of aromatic nitrogens is 4. The highest BCUT2D eigenvalue weighted by molar-refractivity contribution is 5.40. The number of alkyl halides is 3. The molecule has 1 aliphatic heterocycles. The second-order valence-electron chi connectivity index (χ2n) is 7.62. The van der Waals surface area contributed by atoms with Gasteiger partial charge in [0, 0.05) is 43.4 Å². The first kappa shape index (κ1) is 18.9. The third-order valence-corrected chi connectivity index (χ3v) is 5.76. The summed E-state index contributed by atoms with van der Waals surface area (Å²) in [4.78, 5) is 26.4. The number of halogens is 3. The number of anilines is 1. The van der Waals surface area contributed by atoms with Crippen molar-refractivity contribution in [3.63, 3.8) is 0 Å². The summed E-state index contributed by atoms with van der Waals surface area (Å²) in [6, 6.07) is 2.65. The van der Waals surface area contributed by atoms with E-state index in [4.69, 9.17) is 0 Å². The Hall–Kier alpha value is -2.45. The Morgan fingerprint density at radius 1 is 1.04 bits per heavy atom. The van der Waals surface area contributed by atoms with Crippen LogP contribution in [0.25, 0.3) is 0 Å². The molecule has 0 N–H and O–H groups in total. The molecule has 150 valence electrons. The van der Waals surface area contributed by atoms with Crippen molar-refractivity contribution in [3.8, 4) is 0 Å². The fourth-order valence-corrected chi connectivity index (χ4v) is 3.80. The van der Waals surface area contributed by atoms with Crippen LogP contribution in [-0.4, -0.2) is 32.6 Å². The van der Waals surface area contributed by atoms with Gasteiger partial charge in [0.1, 0.15) is 12.1 Å². The molecule has 2 fully saturated rings. The quantitative estimate of drug-likeness (QED) is 0.798. The van der Waals surface area contributed by atoms with E-state index in [2.05, 4.69) is 25.9 Å². The molecule has 0 aromatic carbocycles. The van der Waals surface area contributed by atoms with E-state index in [1.54, 1.807) is 6.33 Å². The Balaban J connectivity index is 1.36. The van der Waals surface area contributed by atoms with Gasteiger partial charge in [0.05, 0.1) is 6.33 Å². The summed E-state index contributed by atoms with van der Waals surface area (Å²) in [6.45, 7) is 1.98. The normalized spacial score (nSPS) is 18.9. The first-order chi connectivity index (χ1) is 13.4. The lowest BCUT2D eigenvalue weighted by atomic mass is 9.83. The van der Waals surface area contributed by atoms with Crippen LogP contribution in [0, 0.1) is 5.92 Å². The summed E-state index contributed by atoms with van der Waals surface area (Å²) >= 11 is 0. The molecule has 1 aliphatic carbocycles. The standard InChI is InChI=1S/C19H22F3N5O/c20-19(21,22)16-9-18(28)27(12-25-16)10-13-4-6-26(7-5-13)17-8-15(23-11-24-17)14-2-1-3-14/h8-9,11-14H,1-7,10H2. The van der Waals surface area contributed by atoms with Crippen molar-refractivity contribution in [2.24, 2.45) is 5.92 Å². The number of nitrogens with zero attached hydrogens (tertiary/aromatic N) is 5. The van der Waals surface area contributed by atoms with Gasteiger partial charge < -0.3 is 4.90 Å². The minimum absolute atomic E-state index is 0.223. The van der Waals surface area contributed by atoms with E-state index in [1.165, 1.54) is 23.8 Å². The van der Waals surface area contributed by atoms with Crippen LogP contribution in [0.15, 0.2) is 29.6 Å². The zero-order valence-electron chi connectivity index (χ0n) is 15.4. The van der Waals surface area contributed by atoms with Crippen molar-refractivity contribution in [1.82, 2.24) is 19.5 Å². The summed E-state index contributed by atoms with van der Waals surface area (Å²) in [5.41, 5.74) is -0.693. The predicted molar refractivity (Wildman–Crippen MR) is 97.1 cm³/mol. The first-order valence-electron chi connectivity index (χ1n) is 9.61. The third kappa shape index (κ3) is 4.02. The molecule has 1 saturated carbocycles. The Bertz CT molecular complexity index is 886. The van der Waals surface area contributed by atoms with E-state index in [0.717, 1.165) is 43.8 Å². The third-order valence-electron chi connectivity index (χ3n) is 5.76. The summed E-state index contributed by atoms with van der Waals surface area (Å²) < 4.78 is 39.2. The largest absolute Gasteiger partial charge is 0.433 e. The van der Waals surface area contributed by atoms with E-state index < -0.39 is 17.4 Å². The molecule has 1 saturated heterocycles. The van der Waals surface area contributed by atoms with E-state index in [1.807, 2.05) is 0 Å². The monoisotopic (exact) mass is 393 g/mol. The highest BCUT2D eigenvalue weighted by Crippen LogP contribution is 2.36. The van der Waals surface area contributed by atoms with Crippen LogP contribution in [0.3, 0.4) is 0 Å². The van der Waals surface area contributed by atoms with Gasteiger partial charge in [-0.1, -0.05) is 6.42 Å². The van der Waals surface area contributed by atoms with Crippen LogP contribution >= 0.6 is 0 Å². The van der Waals surface area contributed by atoms with Gasteiger partial charge in [0.15, 0.2) is 5.69 Å². The smallest absolute Gasteiger partial charge is 0.356 e. The molecule has 2 aromatic heterocycles. The van der Waals surface area contributed by atoms with Crippen LogP contribution in [0.4, 0.5) is 19.0 Å². The molecule has 6 nitrogen and oxygen atoms in total. The fraction of sp³-hybridized carbons (Fsp3) is 0.579. The Morgan fingerprint density at radius 3 is 2.39 bits per heavy atom. The Kier molecular flexibility index (Phi) is 5.07. The van der Waals surface area contributed by atoms with Crippen molar-refractivity contribution >= 4 is 5.82 Å². The molecule has 4 rings (SSSR count). The van der Waals surface area contributed by atoms with Gasteiger partial charge in [-0.25, -0.2) is 15.0 Å². The number of hydrogen-bond acceptors (Lipinski definition) is 5. The van der Waals surface area contributed by atoms with Crippen LogP contribution in [-0.2, 0) is 12.7 Å². The summed E-state index contributed by atoms with van der Waals surface area (Å²) in [7, 11) is 0. The van der Waals surface area contributed by atoms with Gasteiger partial charge in [-0.3, -0.25) is 9.36 Å². The number of piperidine rings is 1. The molecular weight excluding hydrogens is 371 g/mol. The highest BCUT2D eigenvalue weighted by Gasteiger charge is 2.33. The van der Waals surface area contributed by atoms with E-state index in [9.17, 15) is 18.0 Å². The zero-order valence-corrected chi connectivity index (χ0v) is 15.4. The molecule has 0 radical (unpaired) electrons. The molecule has 0 unspecified atom stereocenters. The maximum atomic E-state index is 12.6. The maximum Gasteiger partial charge on any atom is 0.433 e. The van der Waals surface area contributed by atoms with Gasteiger partial charge >= 0.3 is 6.18 Å². The molecule has 0 atom stereocenters. The lowest BCUT2D eigenvalue weighted by Crippen LogP contribution is -2.37. The van der Waals surface area contributed by atoms with Crippen LogP contribution in [0.1, 0.15) is 49.4 Å². The van der Waals surface area contributed by atoms with Gasteiger partial charge in [-0.2, -0.15) is 13.2 Å². The molecule has 28 heavy (non-hydrogen) atoms. The fourth-order valence-electron chi connectivity index (χ4n) is 3.80. The summed E-state index contributed by atoms with van der Waals surface area (Å²) in [5, 5.41) is 0. The molecule has 2 aliphatic rings. The van der Waals surface area contributed by atoms with Crippen molar-refractivity contribution in [1.29, 1.82) is 0 Å². The second-order valence-corrected chi connectivity index (χ2v) is 7.62. The SMILES string of the molecule is O=c1cc(C(F)(F)F)ncn1CC1CCN(c2cc(C3CCC3)ncn2)CC1. The van der Waals surface area contributed by atoms with Crippen LogP contribution in [0.5, 0.6) is 0 Å². The number of rotatable bonds is 4. The predicted octanol–water partition coefficient (Wildman–Crippen LogP) is 3.24. The minimum Gasteiger partial charge on any atom is -0.356 e. The first-order valence-corrected chi connectivity index (χ1v) is 9.61. The lowest BCUT2D eigenvalue weighted by Gasteiger charge is -2.33. The Morgan fingerprint density at radius 2 is 1.79 bits per heavy atom. The Labute approximate surface area is 160 Å². The maximum absolute atomic E-state index is 12.6. The molecule has 3 heterocycles. The highest BCUT2D eigenvalue weighted by atomic mass is 19.4. The molecule has 2 aromatic rings. The van der Waals surface area contributed by atoms with Crippen molar-refractivity contribution in [2.75, 3.05) is 18.0 Å². The minimum atomic E-state index is -4.60. The zero-order chi connectivity index (χ0) is 19.7. The molecule has 9 heteroatoms. The van der Waals surface area contributed by atoms with Crippen molar-refractivity contribution in [3.05, 3.63) is 46.5 Å². The van der Waals surface area contributed by atoms with E-state index in [0.29, 0.717) is 18.5 Å². The van der Waals surface area contributed by atoms with Gasteiger partial charge in [-0.15, -0.1) is 0 Å². The molecule has 0 bridgehead atoms. The molecule has 0 spiro atoms. The average Bonchev–Trinajstić information content (AvgIpc) is 2.62. The molecule has 0 amide bonds. The lowest BCUT2D eigenvalue weighted by molar-refractivity contribution is -0.141. The van der Waals surface area contributed by atoms with Crippen molar-refractivity contribution < 1.29 is 13.2 Å². The van der Waals surface area contributed by atoms with Gasteiger partial charge in [-0.05, 0) is 31.6 Å². The average molecular weight is 393 g/mol. The summed E-state index contributed by atoms with van der Waals surface area (Å²) in [5.74, 6) is 1.71. The van der Waals surface area contributed by atoms with E-state index >= 15 is 0 Å². The summed E-state index contributed by atoms with van der Waals surface area (Å²) in [6.07, 6.45) is 3.36. The van der Waals surface area contributed by atoms with Gasteiger partial charge in [0.25, 0.3) is 5.56 Å². The number of hydrogen-bond donors (Lipinski definition) is 0. The van der Waals surface area contributed by atoms with E-state index in [-0.39, 0.29) is 5.92 Å². The topological polar surface area (TPSA) is 63.9 Å². The van der Waals surface area contributed by atoms with Crippen LogP contribution < -0.4 is 10.5 Å². The van der Waals surface area contributed by atoms with Crippen molar-refractivity contribution in [2.45, 2.75) is 50.7 Å². The second kappa shape index (κ2) is 7.52. The van der Waals surface area contributed by atoms with Gasteiger partial charge in [0.2, 0.25) is 0 Å². The molecular formula is C19H22F3N5O.